The van der Waals surface area contributed by atoms with Crippen LogP contribution in [0.4, 0.5) is 0 Å². The van der Waals surface area contributed by atoms with E-state index in [2.05, 4.69) is 6.92 Å². The molecule has 0 aromatic heterocycles. The van der Waals surface area contributed by atoms with Crippen LogP contribution in [0.2, 0.25) is 0 Å². The van der Waals surface area contributed by atoms with Gasteiger partial charge in [0.25, 0.3) is 0 Å². The highest BCUT2D eigenvalue weighted by Gasteiger charge is 2.27. The fourth-order valence-electron chi connectivity index (χ4n) is 2.78. The van der Waals surface area contributed by atoms with Crippen LogP contribution in [0.15, 0.2) is 84.9 Å². The van der Waals surface area contributed by atoms with Crippen LogP contribution < -0.4 is 4.74 Å². The maximum absolute atomic E-state index is 5.92. The van der Waals surface area contributed by atoms with Crippen LogP contribution in [0.1, 0.15) is 16.7 Å². The molecule has 1 radical (unpaired) electrons. The van der Waals surface area contributed by atoms with Crippen molar-refractivity contribution in [3.63, 3.8) is 0 Å². The van der Waals surface area contributed by atoms with Crippen LogP contribution in [0, 0.1) is 6.92 Å². The summed E-state index contributed by atoms with van der Waals surface area (Å²) in [6.07, 6.45) is 0. The Labute approximate surface area is 161 Å². The van der Waals surface area contributed by atoms with Gasteiger partial charge in [-0.2, -0.15) is 0 Å². The first-order valence-corrected chi connectivity index (χ1v) is 8.99. The Balaban J connectivity index is 1.63. The normalized spacial score (nSPS) is 13.1. The summed E-state index contributed by atoms with van der Waals surface area (Å²) in [4.78, 5) is 0. The highest BCUT2D eigenvalue weighted by Crippen LogP contribution is 2.28. The molecule has 0 aliphatic heterocycles. The summed E-state index contributed by atoms with van der Waals surface area (Å²) in [5.74, 6) is 0.782. The molecule has 0 fully saturated rings. The fraction of sp³-hybridized carbons (Fsp3) is 0.208. The topological polar surface area (TPSA) is 27.7 Å². The zero-order valence-electron chi connectivity index (χ0n) is 15.6. The SMILES string of the molecule is [CH2]C(COCc1ccccc1)(OC)c1cccc(OCc2ccccc2)c1. The van der Waals surface area contributed by atoms with Gasteiger partial charge in [-0.15, -0.1) is 0 Å². The molecule has 139 valence electrons. The lowest BCUT2D eigenvalue weighted by molar-refractivity contribution is -0.0544. The Kier molecular flexibility index (Phi) is 6.64. The van der Waals surface area contributed by atoms with E-state index in [-0.39, 0.29) is 0 Å². The number of benzene rings is 3. The molecule has 27 heavy (non-hydrogen) atoms. The van der Waals surface area contributed by atoms with Gasteiger partial charge in [0, 0.05) is 7.11 Å². The summed E-state index contributed by atoms with van der Waals surface area (Å²) in [5.41, 5.74) is 2.38. The molecule has 0 saturated carbocycles. The second-order valence-electron chi connectivity index (χ2n) is 6.48. The summed E-state index contributed by atoms with van der Waals surface area (Å²) < 4.78 is 17.5. The Morgan fingerprint density at radius 3 is 2.04 bits per heavy atom. The van der Waals surface area contributed by atoms with Crippen molar-refractivity contribution < 1.29 is 14.2 Å². The summed E-state index contributed by atoms with van der Waals surface area (Å²) in [6, 6.07) is 28.0. The summed E-state index contributed by atoms with van der Waals surface area (Å²) in [6.45, 7) is 5.63. The van der Waals surface area contributed by atoms with Crippen molar-refractivity contribution in [1.29, 1.82) is 0 Å². The molecule has 0 spiro atoms. The average Bonchev–Trinajstić information content (AvgIpc) is 2.74. The Morgan fingerprint density at radius 1 is 0.778 bits per heavy atom. The number of methoxy groups -OCH3 is 1. The van der Waals surface area contributed by atoms with Crippen molar-refractivity contribution in [3.8, 4) is 5.75 Å². The van der Waals surface area contributed by atoms with Crippen LogP contribution in [0.25, 0.3) is 0 Å². The third kappa shape index (κ3) is 5.43. The van der Waals surface area contributed by atoms with E-state index in [9.17, 15) is 0 Å². The molecule has 0 bridgehead atoms. The number of ether oxygens (including phenoxy) is 3. The van der Waals surface area contributed by atoms with Gasteiger partial charge in [-0.25, -0.2) is 0 Å². The van der Waals surface area contributed by atoms with Gasteiger partial charge in [0.15, 0.2) is 0 Å². The molecule has 3 aromatic carbocycles. The highest BCUT2D eigenvalue weighted by atomic mass is 16.5. The van der Waals surface area contributed by atoms with Crippen LogP contribution in [-0.2, 0) is 28.3 Å². The molecular weight excluding hydrogens is 336 g/mol. The van der Waals surface area contributed by atoms with Gasteiger partial charge in [0.1, 0.15) is 18.0 Å². The number of hydrogen-bond acceptors (Lipinski definition) is 3. The predicted molar refractivity (Wildman–Crippen MR) is 107 cm³/mol. The number of rotatable bonds is 9. The van der Waals surface area contributed by atoms with Crippen LogP contribution in [0.5, 0.6) is 5.75 Å². The monoisotopic (exact) mass is 361 g/mol. The van der Waals surface area contributed by atoms with Gasteiger partial charge < -0.3 is 14.2 Å². The summed E-state index contributed by atoms with van der Waals surface area (Å²) in [5, 5.41) is 0. The quantitative estimate of drug-likeness (QED) is 0.527. The first-order valence-electron chi connectivity index (χ1n) is 8.99. The molecule has 0 aliphatic carbocycles. The summed E-state index contributed by atoms with van der Waals surface area (Å²) in [7, 11) is 1.65. The van der Waals surface area contributed by atoms with E-state index in [4.69, 9.17) is 14.2 Å². The first kappa shape index (κ1) is 19.2. The molecule has 3 heteroatoms. The lowest BCUT2D eigenvalue weighted by atomic mass is 9.96. The van der Waals surface area contributed by atoms with Crippen LogP contribution in [0.3, 0.4) is 0 Å². The molecule has 0 saturated heterocycles. The van der Waals surface area contributed by atoms with E-state index in [1.807, 2.05) is 84.9 Å². The molecule has 0 N–H and O–H groups in total. The van der Waals surface area contributed by atoms with E-state index in [1.54, 1.807) is 7.11 Å². The smallest absolute Gasteiger partial charge is 0.120 e. The van der Waals surface area contributed by atoms with Gasteiger partial charge in [0.2, 0.25) is 0 Å². The third-order valence-electron chi connectivity index (χ3n) is 4.45. The predicted octanol–water partition coefficient (Wildman–Crippen LogP) is 5.16. The Hall–Kier alpha value is -2.62. The average molecular weight is 361 g/mol. The maximum atomic E-state index is 5.92. The van der Waals surface area contributed by atoms with Gasteiger partial charge >= 0.3 is 0 Å². The zero-order valence-corrected chi connectivity index (χ0v) is 15.6. The van der Waals surface area contributed by atoms with E-state index in [0.29, 0.717) is 19.8 Å². The Morgan fingerprint density at radius 2 is 1.41 bits per heavy atom. The molecule has 1 unspecified atom stereocenters. The van der Waals surface area contributed by atoms with Crippen LogP contribution >= 0.6 is 0 Å². The molecule has 3 aromatic rings. The highest BCUT2D eigenvalue weighted by molar-refractivity contribution is 5.34. The molecule has 3 nitrogen and oxygen atoms in total. The van der Waals surface area contributed by atoms with Crippen molar-refractivity contribution in [1.82, 2.24) is 0 Å². The number of hydrogen-bond donors (Lipinski definition) is 0. The van der Waals surface area contributed by atoms with Crippen molar-refractivity contribution in [2.45, 2.75) is 18.8 Å². The second kappa shape index (κ2) is 9.36. The molecule has 3 rings (SSSR count). The lowest BCUT2D eigenvalue weighted by Crippen LogP contribution is -2.31. The minimum atomic E-state index is -0.791. The fourth-order valence-corrected chi connectivity index (χ4v) is 2.78. The Bertz CT molecular complexity index is 817. The van der Waals surface area contributed by atoms with Gasteiger partial charge in [0.05, 0.1) is 13.2 Å². The molecule has 0 amide bonds. The molecular formula is C24H25O3. The summed E-state index contributed by atoms with van der Waals surface area (Å²) >= 11 is 0. The lowest BCUT2D eigenvalue weighted by Gasteiger charge is -2.28. The van der Waals surface area contributed by atoms with E-state index in [1.165, 1.54) is 0 Å². The van der Waals surface area contributed by atoms with Crippen molar-refractivity contribution >= 4 is 0 Å². The van der Waals surface area contributed by atoms with E-state index < -0.39 is 5.60 Å². The molecule has 0 aliphatic rings. The molecule has 1 atom stereocenters. The third-order valence-corrected chi connectivity index (χ3v) is 4.45. The molecule has 0 heterocycles. The van der Waals surface area contributed by atoms with Crippen molar-refractivity contribution in [2.24, 2.45) is 0 Å². The largest absolute Gasteiger partial charge is 0.489 e. The standard InChI is InChI=1S/C24H25O3/c1-24(25-2,19-26-17-20-10-5-3-6-11-20)22-14-9-15-23(16-22)27-18-21-12-7-4-8-13-21/h3-16H,1,17-19H2,2H3. The van der Waals surface area contributed by atoms with Crippen molar-refractivity contribution in [3.05, 3.63) is 109 Å². The first-order chi connectivity index (χ1) is 13.2. The van der Waals surface area contributed by atoms with Crippen molar-refractivity contribution in [2.75, 3.05) is 13.7 Å². The van der Waals surface area contributed by atoms with Gasteiger partial charge in [-0.1, -0.05) is 72.8 Å². The van der Waals surface area contributed by atoms with Crippen LogP contribution in [-0.4, -0.2) is 13.7 Å². The van der Waals surface area contributed by atoms with Gasteiger partial charge in [-0.05, 0) is 35.7 Å². The van der Waals surface area contributed by atoms with Gasteiger partial charge in [-0.3, -0.25) is 0 Å². The minimum Gasteiger partial charge on any atom is -0.489 e. The van der Waals surface area contributed by atoms with E-state index >= 15 is 0 Å². The minimum absolute atomic E-state index is 0.348. The zero-order chi connectivity index (χ0) is 19.0. The maximum Gasteiger partial charge on any atom is 0.120 e. The second-order valence-corrected chi connectivity index (χ2v) is 6.48. The van der Waals surface area contributed by atoms with E-state index in [0.717, 1.165) is 22.4 Å².